The largest absolute Gasteiger partial charge is 0.474 e. The summed E-state index contributed by atoms with van der Waals surface area (Å²) >= 11 is 0. The van der Waals surface area contributed by atoms with Crippen LogP contribution in [0.4, 0.5) is 23.2 Å². The van der Waals surface area contributed by atoms with Crippen molar-refractivity contribution >= 4 is 16.7 Å². The van der Waals surface area contributed by atoms with Gasteiger partial charge in [-0.2, -0.15) is 13.2 Å². The maximum Gasteiger partial charge on any atom is 0.402 e. The van der Waals surface area contributed by atoms with E-state index in [1.165, 1.54) is 24.4 Å². The van der Waals surface area contributed by atoms with Gasteiger partial charge in [-0.15, -0.1) is 0 Å². The van der Waals surface area contributed by atoms with Gasteiger partial charge in [0.15, 0.2) is 0 Å². The molecule has 0 aliphatic carbocycles. The van der Waals surface area contributed by atoms with Crippen LogP contribution in [0.3, 0.4) is 0 Å². The third-order valence-corrected chi connectivity index (χ3v) is 6.16. The first kappa shape index (κ1) is 25.8. The third-order valence-electron chi connectivity index (χ3n) is 5.12. The molecule has 1 aliphatic rings. The first-order chi connectivity index (χ1) is 17.3. The molecule has 0 saturated carbocycles. The molecule has 4 heterocycles. The second kappa shape index (κ2) is 11.6. The van der Waals surface area contributed by atoms with E-state index in [0.717, 1.165) is 25.9 Å². The zero-order valence-electron chi connectivity index (χ0n) is 18.9. The second-order valence-corrected chi connectivity index (χ2v) is 9.12. The first-order valence-electron chi connectivity index (χ1n) is 11.1. The van der Waals surface area contributed by atoms with Crippen LogP contribution in [0, 0.1) is 5.82 Å². The highest BCUT2D eigenvalue weighted by molar-refractivity contribution is 7.86. The van der Waals surface area contributed by atoms with Gasteiger partial charge in [0.25, 0.3) is 0 Å². The number of rotatable bonds is 9. The molecule has 36 heavy (non-hydrogen) atoms. The summed E-state index contributed by atoms with van der Waals surface area (Å²) in [7, 11) is -2.53. The van der Waals surface area contributed by atoms with Gasteiger partial charge >= 0.3 is 6.18 Å². The molecule has 8 nitrogen and oxygen atoms in total. The highest BCUT2D eigenvalue weighted by atomic mass is 32.2. The van der Waals surface area contributed by atoms with Crippen molar-refractivity contribution in [1.29, 1.82) is 0 Å². The van der Waals surface area contributed by atoms with Gasteiger partial charge in [0.1, 0.15) is 46.6 Å². The number of pyridine rings is 3. The molecule has 1 fully saturated rings. The van der Waals surface area contributed by atoms with E-state index >= 15 is 0 Å². The van der Waals surface area contributed by atoms with Crippen molar-refractivity contribution in [2.45, 2.75) is 31.7 Å². The molecule has 192 valence electrons. The van der Waals surface area contributed by atoms with E-state index in [4.69, 9.17) is 9.47 Å². The quantitative estimate of drug-likeness (QED) is 0.407. The molecule has 1 unspecified atom stereocenters. The predicted molar refractivity (Wildman–Crippen MR) is 125 cm³/mol. The Balaban J connectivity index is 1.60. The van der Waals surface area contributed by atoms with Crippen LogP contribution in [0.15, 0.2) is 48.8 Å². The van der Waals surface area contributed by atoms with E-state index in [-0.39, 0.29) is 41.4 Å². The summed E-state index contributed by atoms with van der Waals surface area (Å²) in [5.41, 5.74) is 0.452. The lowest BCUT2D eigenvalue weighted by molar-refractivity contribution is -0.105. The molecular formula is C23H23F4N5O3S. The van der Waals surface area contributed by atoms with E-state index in [9.17, 15) is 21.8 Å². The Morgan fingerprint density at radius 2 is 1.94 bits per heavy atom. The molecule has 3 aromatic heterocycles. The van der Waals surface area contributed by atoms with Crippen LogP contribution in [0.2, 0.25) is 0 Å². The second-order valence-electron chi connectivity index (χ2n) is 7.94. The van der Waals surface area contributed by atoms with Gasteiger partial charge in [0.2, 0.25) is 11.8 Å². The average Bonchev–Trinajstić information content (AvgIpc) is 2.84. The summed E-state index contributed by atoms with van der Waals surface area (Å²) in [6.45, 7) is 1.55. The minimum Gasteiger partial charge on any atom is -0.474 e. The fourth-order valence-corrected chi connectivity index (χ4v) is 4.24. The van der Waals surface area contributed by atoms with Crippen LogP contribution in [0.5, 0.6) is 11.8 Å². The van der Waals surface area contributed by atoms with Crippen molar-refractivity contribution in [3.05, 3.63) is 60.3 Å². The number of ether oxygens (including phenoxy) is 2. The predicted octanol–water partition coefficient (Wildman–Crippen LogP) is 4.03. The van der Waals surface area contributed by atoms with Crippen molar-refractivity contribution in [3.8, 4) is 23.0 Å². The number of piperidine rings is 1. The fourth-order valence-electron chi connectivity index (χ4n) is 3.48. The van der Waals surface area contributed by atoms with Crippen LogP contribution in [0.25, 0.3) is 11.3 Å². The Kier molecular flexibility index (Phi) is 8.31. The van der Waals surface area contributed by atoms with Crippen molar-refractivity contribution < 1.29 is 31.2 Å². The van der Waals surface area contributed by atoms with Crippen molar-refractivity contribution in [2.24, 2.45) is 0 Å². The number of alkyl halides is 3. The van der Waals surface area contributed by atoms with Gasteiger partial charge in [-0.3, -0.25) is 9.71 Å². The van der Waals surface area contributed by atoms with Crippen LogP contribution in [-0.2, 0) is 17.6 Å². The van der Waals surface area contributed by atoms with E-state index in [1.54, 1.807) is 24.4 Å². The highest BCUT2D eigenvalue weighted by Gasteiger charge is 2.31. The Morgan fingerprint density at radius 1 is 1.14 bits per heavy atom. The molecule has 1 saturated heterocycles. The first-order valence-corrected chi connectivity index (χ1v) is 12.4. The van der Waals surface area contributed by atoms with Gasteiger partial charge in [0, 0.05) is 24.0 Å². The number of hydrogen-bond donors (Lipinski definition) is 2. The zero-order valence-corrected chi connectivity index (χ0v) is 19.7. The van der Waals surface area contributed by atoms with Crippen molar-refractivity contribution in [2.75, 3.05) is 23.6 Å². The number of nitrogens with one attached hydrogen (secondary N) is 2. The normalized spacial score (nSPS) is 15.3. The lowest BCUT2D eigenvalue weighted by Gasteiger charge is -2.23. The summed E-state index contributed by atoms with van der Waals surface area (Å²) in [5.74, 6) is -2.19. The molecule has 0 spiro atoms. The number of halogens is 4. The molecule has 1 atom stereocenters. The van der Waals surface area contributed by atoms with Crippen LogP contribution >= 0.6 is 0 Å². The minimum atomic E-state index is -4.66. The Bertz CT molecular complexity index is 1190. The molecule has 0 radical (unpaired) electrons. The average molecular weight is 526 g/mol. The summed E-state index contributed by atoms with van der Waals surface area (Å²) < 4.78 is 78.8. The lowest BCUT2D eigenvalue weighted by Crippen LogP contribution is -2.34. The molecule has 3 aromatic rings. The number of anilines is 1. The molecule has 0 bridgehead atoms. The third kappa shape index (κ3) is 7.34. The molecule has 4 rings (SSSR count). The van der Waals surface area contributed by atoms with E-state index in [0.29, 0.717) is 5.69 Å². The Hall–Kier alpha value is -3.32. The smallest absolute Gasteiger partial charge is 0.402 e. The Morgan fingerprint density at radius 3 is 2.67 bits per heavy atom. The fraction of sp³-hybridized carbons (Fsp3) is 0.348. The molecule has 2 N–H and O–H groups in total. The summed E-state index contributed by atoms with van der Waals surface area (Å²) in [4.78, 5) is 12.5. The number of hydrogen-bond acceptors (Lipinski definition) is 7. The standard InChI is InChI=1S/C23H23F4N5O3S/c24-18-4-5-20(35-17-6-9-28-10-7-17)31-21(18)15-11-19(32-36(33)14-23(25,26)27)22(30-12-15)34-13-16-3-1-2-8-29-16/h1-5,8,11-12,17,28,32H,6-7,9-10,13-14H2. The summed E-state index contributed by atoms with van der Waals surface area (Å²) in [6.07, 6.45) is -0.356. The highest BCUT2D eigenvalue weighted by Crippen LogP contribution is 2.31. The van der Waals surface area contributed by atoms with Crippen molar-refractivity contribution in [3.63, 3.8) is 0 Å². The van der Waals surface area contributed by atoms with Gasteiger partial charge in [-0.05, 0) is 50.2 Å². The minimum absolute atomic E-state index is 0.0417. The maximum atomic E-state index is 14.7. The Labute approximate surface area is 207 Å². The maximum absolute atomic E-state index is 14.7. The van der Waals surface area contributed by atoms with Crippen LogP contribution in [0.1, 0.15) is 18.5 Å². The molecular weight excluding hydrogens is 502 g/mol. The van der Waals surface area contributed by atoms with Crippen LogP contribution in [-0.4, -0.2) is 50.3 Å². The zero-order chi connectivity index (χ0) is 25.5. The molecule has 0 aromatic carbocycles. The SMILES string of the molecule is O=S(CC(F)(F)F)Nc1cc(-c2nc(OC3CCNCC3)ccc2F)cnc1OCc1ccccn1. The number of nitrogens with zero attached hydrogens (tertiary/aromatic N) is 3. The molecule has 1 aliphatic heterocycles. The van der Waals surface area contributed by atoms with Crippen LogP contribution < -0.4 is 19.5 Å². The lowest BCUT2D eigenvalue weighted by atomic mass is 10.1. The topological polar surface area (TPSA) is 98.3 Å². The van der Waals surface area contributed by atoms with Gasteiger partial charge < -0.3 is 14.8 Å². The van der Waals surface area contributed by atoms with Crippen molar-refractivity contribution in [1.82, 2.24) is 20.3 Å². The monoisotopic (exact) mass is 525 g/mol. The number of aromatic nitrogens is 3. The summed E-state index contributed by atoms with van der Waals surface area (Å²) in [5, 5.41) is 3.22. The van der Waals surface area contributed by atoms with Gasteiger partial charge in [-0.25, -0.2) is 18.6 Å². The van der Waals surface area contributed by atoms with E-state index in [1.807, 2.05) is 0 Å². The van der Waals surface area contributed by atoms with Gasteiger partial charge in [-0.1, -0.05) is 6.07 Å². The molecule has 13 heteroatoms. The van der Waals surface area contributed by atoms with Gasteiger partial charge in [0.05, 0.1) is 5.69 Å². The molecule has 0 amide bonds. The van der Waals surface area contributed by atoms with E-state index < -0.39 is 28.7 Å². The summed E-state index contributed by atoms with van der Waals surface area (Å²) in [6, 6.07) is 9.04. The van der Waals surface area contributed by atoms with E-state index in [2.05, 4.69) is 25.0 Å².